The van der Waals surface area contributed by atoms with Crippen molar-refractivity contribution in [1.82, 2.24) is 0 Å². The van der Waals surface area contributed by atoms with E-state index in [9.17, 15) is 9.13 Å². The average molecular weight is 220 g/mol. The van der Waals surface area contributed by atoms with Gasteiger partial charge < -0.3 is 31.0 Å². The molecule has 74 valence electrons. The van der Waals surface area contributed by atoms with Crippen LogP contribution in [0.4, 0.5) is 0 Å². The van der Waals surface area contributed by atoms with Crippen LogP contribution in [-0.4, -0.2) is 31.1 Å². The minimum Gasteiger partial charge on any atom is -0.324 e. The molecule has 0 aliphatic rings. The first-order valence-corrected chi connectivity index (χ1v) is 6.05. The Kier molecular flexibility index (Phi) is 3.23. The van der Waals surface area contributed by atoms with Crippen LogP contribution < -0.4 is 11.5 Å². The van der Waals surface area contributed by atoms with Gasteiger partial charge in [0.25, 0.3) is 0 Å². The fourth-order valence-electron chi connectivity index (χ4n) is 0.422. The second-order valence-corrected chi connectivity index (χ2v) is 5.92. The van der Waals surface area contributed by atoms with Crippen LogP contribution in [0.3, 0.4) is 0 Å². The van der Waals surface area contributed by atoms with Gasteiger partial charge in [-0.1, -0.05) is 0 Å². The maximum Gasteiger partial charge on any atom is 0.360 e. The fraction of sp³-hybridized carbons (Fsp3) is 1.00. The summed E-state index contributed by atoms with van der Waals surface area (Å²) in [6, 6.07) is 0. The molecule has 0 aromatic carbocycles. The lowest BCUT2D eigenvalue weighted by Gasteiger charge is -2.25. The summed E-state index contributed by atoms with van der Waals surface area (Å²) in [6.07, 6.45) is -1.26. The lowest BCUT2D eigenvalue weighted by molar-refractivity contribution is 0.319. The van der Waals surface area contributed by atoms with Gasteiger partial charge in [0.05, 0.1) is 6.16 Å². The third-order valence-corrected chi connectivity index (χ3v) is 3.43. The largest absolute Gasteiger partial charge is 0.360 e. The standard InChI is InChI=1S/C2H10N2O6P2/c3-2(4,12(8,9)10)1-11(5,6)7/h1,3-4H2,(H2,5,6,7)(H2,8,9,10). The molecule has 0 bridgehead atoms. The van der Waals surface area contributed by atoms with E-state index in [0.717, 1.165) is 0 Å². The summed E-state index contributed by atoms with van der Waals surface area (Å²) in [5.74, 6) is 0. The summed E-state index contributed by atoms with van der Waals surface area (Å²) < 4.78 is 20.7. The molecular formula is C2H10N2O6P2. The van der Waals surface area contributed by atoms with Gasteiger partial charge in [0.2, 0.25) is 0 Å². The highest BCUT2D eigenvalue weighted by Gasteiger charge is 2.44. The Labute approximate surface area is 67.9 Å². The van der Waals surface area contributed by atoms with Crippen molar-refractivity contribution in [2.45, 2.75) is 5.40 Å². The summed E-state index contributed by atoms with van der Waals surface area (Å²) in [5.41, 5.74) is 9.60. The molecule has 0 atom stereocenters. The first kappa shape index (κ1) is 12.2. The zero-order chi connectivity index (χ0) is 10.2. The molecule has 10 heteroatoms. The second-order valence-electron chi connectivity index (χ2n) is 2.36. The molecule has 0 radical (unpaired) electrons. The fourth-order valence-corrected chi connectivity index (χ4v) is 2.37. The van der Waals surface area contributed by atoms with Gasteiger partial charge in [0.1, 0.15) is 0 Å². The van der Waals surface area contributed by atoms with Crippen molar-refractivity contribution in [3.05, 3.63) is 0 Å². The number of nitrogens with two attached hydrogens (primary N) is 2. The minimum absolute atomic E-state index is 1.26. The lowest BCUT2D eigenvalue weighted by Crippen LogP contribution is -2.51. The Hall–Kier alpha value is 0.220. The predicted octanol–water partition coefficient (Wildman–Crippen LogP) is -2.09. The molecule has 0 unspecified atom stereocenters. The van der Waals surface area contributed by atoms with Crippen molar-refractivity contribution in [2.75, 3.05) is 6.16 Å². The molecule has 0 aliphatic heterocycles. The monoisotopic (exact) mass is 220 g/mol. The van der Waals surface area contributed by atoms with Gasteiger partial charge in [-0.25, -0.2) is 0 Å². The summed E-state index contributed by atoms with van der Waals surface area (Å²) in [7, 11) is -9.53. The Bertz CT molecular complexity index is 250. The van der Waals surface area contributed by atoms with Crippen LogP contribution in [0.25, 0.3) is 0 Å². The Morgan fingerprint density at radius 1 is 1.08 bits per heavy atom. The van der Waals surface area contributed by atoms with E-state index in [0.29, 0.717) is 0 Å². The van der Waals surface area contributed by atoms with Crippen LogP contribution in [0, 0.1) is 0 Å². The number of rotatable bonds is 3. The zero-order valence-electron chi connectivity index (χ0n) is 5.86. The predicted molar refractivity (Wildman–Crippen MR) is 40.1 cm³/mol. The summed E-state index contributed by atoms with van der Waals surface area (Å²) in [4.78, 5) is 33.5. The molecule has 0 aliphatic carbocycles. The highest BCUT2D eigenvalue weighted by atomic mass is 31.2. The molecule has 0 amide bonds. The van der Waals surface area contributed by atoms with Crippen molar-refractivity contribution in [1.29, 1.82) is 0 Å². The normalized spacial score (nSPS) is 14.8. The highest BCUT2D eigenvalue weighted by molar-refractivity contribution is 7.57. The SMILES string of the molecule is NC(N)(CP(=O)(O)O)P(=O)(O)O. The molecule has 0 aromatic rings. The van der Waals surface area contributed by atoms with Crippen LogP contribution in [0.5, 0.6) is 0 Å². The first-order chi connectivity index (χ1) is 4.96. The molecule has 0 rings (SSSR count). The molecule has 0 saturated heterocycles. The van der Waals surface area contributed by atoms with Crippen LogP contribution in [0.15, 0.2) is 0 Å². The number of hydrogen-bond donors (Lipinski definition) is 6. The minimum atomic E-state index is -4.90. The van der Waals surface area contributed by atoms with E-state index in [-0.39, 0.29) is 0 Å². The quantitative estimate of drug-likeness (QED) is 0.232. The van der Waals surface area contributed by atoms with E-state index in [1.165, 1.54) is 0 Å². The summed E-state index contributed by atoms with van der Waals surface area (Å²) in [5, 5.41) is -2.67. The Morgan fingerprint density at radius 2 is 1.42 bits per heavy atom. The molecule has 0 heterocycles. The third kappa shape index (κ3) is 3.75. The van der Waals surface area contributed by atoms with Gasteiger partial charge in [-0.2, -0.15) is 0 Å². The van der Waals surface area contributed by atoms with Gasteiger partial charge >= 0.3 is 15.2 Å². The van der Waals surface area contributed by atoms with Crippen LogP contribution in [0.2, 0.25) is 0 Å². The van der Waals surface area contributed by atoms with Crippen molar-refractivity contribution in [3.63, 3.8) is 0 Å². The first-order valence-electron chi connectivity index (χ1n) is 2.64. The molecule has 0 fully saturated rings. The van der Waals surface area contributed by atoms with Crippen molar-refractivity contribution < 1.29 is 28.7 Å². The van der Waals surface area contributed by atoms with Crippen molar-refractivity contribution in [2.24, 2.45) is 11.5 Å². The zero-order valence-corrected chi connectivity index (χ0v) is 7.65. The maximum absolute atomic E-state index is 10.4. The Morgan fingerprint density at radius 3 is 1.50 bits per heavy atom. The highest BCUT2D eigenvalue weighted by Crippen LogP contribution is 2.50. The van der Waals surface area contributed by atoms with E-state index >= 15 is 0 Å². The molecular weight excluding hydrogens is 210 g/mol. The van der Waals surface area contributed by atoms with Gasteiger partial charge in [0.15, 0.2) is 5.40 Å². The maximum atomic E-state index is 10.4. The van der Waals surface area contributed by atoms with E-state index in [2.05, 4.69) is 0 Å². The van der Waals surface area contributed by atoms with E-state index < -0.39 is 26.8 Å². The van der Waals surface area contributed by atoms with Crippen molar-refractivity contribution in [3.8, 4) is 0 Å². The molecule has 8 nitrogen and oxygen atoms in total. The third-order valence-electron chi connectivity index (χ3n) is 1.00. The van der Waals surface area contributed by atoms with Gasteiger partial charge in [-0.15, -0.1) is 0 Å². The number of hydrogen-bond acceptors (Lipinski definition) is 4. The summed E-state index contributed by atoms with van der Waals surface area (Å²) in [6.45, 7) is 0. The van der Waals surface area contributed by atoms with E-state index in [1.54, 1.807) is 0 Å². The smallest absolute Gasteiger partial charge is 0.324 e. The van der Waals surface area contributed by atoms with E-state index in [1.807, 2.05) is 0 Å². The van der Waals surface area contributed by atoms with Gasteiger partial charge in [-0.3, -0.25) is 9.13 Å². The van der Waals surface area contributed by atoms with E-state index in [4.69, 9.17) is 31.0 Å². The lowest BCUT2D eigenvalue weighted by atomic mass is 10.6. The molecule has 12 heavy (non-hydrogen) atoms. The molecule has 0 saturated carbocycles. The molecule has 8 N–H and O–H groups in total. The van der Waals surface area contributed by atoms with Gasteiger partial charge in [0, 0.05) is 0 Å². The van der Waals surface area contributed by atoms with Crippen LogP contribution in [0.1, 0.15) is 0 Å². The topological polar surface area (TPSA) is 167 Å². The van der Waals surface area contributed by atoms with Crippen LogP contribution >= 0.6 is 15.2 Å². The van der Waals surface area contributed by atoms with Crippen molar-refractivity contribution >= 4 is 15.2 Å². The van der Waals surface area contributed by atoms with Crippen LogP contribution in [-0.2, 0) is 9.13 Å². The summed E-state index contributed by atoms with van der Waals surface area (Å²) >= 11 is 0. The molecule has 0 aromatic heterocycles. The van der Waals surface area contributed by atoms with Gasteiger partial charge in [-0.05, 0) is 0 Å². The second kappa shape index (κ2) is 3.17. The average Bonchev–Trinajstić information content (AvgIpc) is 1.52. The Balaban J connectivity index is 4.68. The molecule has 0 spiro atoms.